The van der Waals surface area contributed by atoms with E-state index in [0.717, 1.165) is 36.1 Å². The van der Waals surface area contributed by atoms with Crippen molar-refractivity contribution in [2.75, 3.05) is 6.54 Å². The van der Waals surface area contributed by atoms with Crippen LogP contribution >= 0.6 is 0 Å². The summed E-state index contributed by atoms with van der Waals surface area (Å²) in [5.74, 6) is 4.97. The van der Waals surface area contributed by atoms with Crippen LogP contribution in [0, 0.1) is 41.0 Å². The molecule has 14 heavy (non-hydrogen) atoms. The molecule has 4 saturated carbocycles. The maximum Gasteiger partial charge on any atom is 0.202 e. The topological polar surface area (TPSA) is 74.2 Å². The van der Waals surface area contributed by atoms with Gasteiger partial charge in [0.1, 0.15) is 0 Å². The lowest BCUT2D eigenvalue weighted by molar-refractivity contribution is 0.423. The third-order valence-electron chi connectivity index (χ3n) is 4.30. The molecular formula is C10H14N4. The molecule has 4 aliphatic carbocycles. The molecule has 4 aliphatic rings. The maximum absolute atomic E-state index is 8.33. The van der Waals surface area contributed by atoms with Crippen molar-refractivity contribution < 1.29 is 0 Å². The van der Waals surface area contributed by atoms with Crippen molar-refractivity contribution in [2.24, 2.45) is 40.3 Å². The molecule has 0 heterocycles. The lowest BCUT2D eigenvalue weighted by Gasteiger charge is -2.11. The van der Waals surface area contributed by atoms with Crippen LogP contribution in [0.2, 0.25) is 0 Å². The van der Waals surface area contributed by atoms with Gasteiger partial charge in [-0.05, 0) is 42.4 Å². The first-order valence-electron chi connectivity index (χ1n) is 5.26. The van der Waals surface area contributed by atoms with Gasteiger partial charge in [-0.2, -0.15) is 5.26 Å². The van der Waals surface area contributed by atoms with Crippen LogP contribution in [-0.4, -0.2) is 12.5 Å². The second-order valence-electron chi connectivity index (χ2n) is 4.76. The molecule has 3 unspecified atom stereocenters. The number of hydrogen-bond donors (Lipinski definition) is 2. The van der Waals surface area contributed by atoms with Crippen molar-refractivity contribution in [1.29, 1.82) is 5.26 Å². The molecule has 0 saturated heterocycles. The van der Waals surface area contributed by atoms with Gasteiger partial charge in [0.15, 0.2) is 6.19 Å². The Morgan fingerprint density at radius 3 is 2.71 bits per heavy atom. The van der Waals surface area contributed by atoms with Crippen LogP contribution in [-0.2, 0) is 0 Å². The van der Waals surface area contributed by atoms with Crippen molar-refractivity contribution in [3.05, 3.63) is 0 Å². The highest BCUT2D eigenvalue weighted by Crippen LogP contribution is 2.73. The zero-order valence-electron chi connectivity index (χ0n) is 7.98. The Kier molecular flexibility index (Phi) is 1.52. The summed E-state index contributed by atoms with van der Waals surface area (Å²) in [5.41, 5.74) is 5.50. The normalized spacial score (nSPS) is 47.6. The maximum atomic E-state index is 8.33. The first-order chi connectivity index (χ1) is 6.81. The van der Waals surface area contributed by atoms with Gasteiger partial charge in [0, 0.05) is 6.54 Å². The standard InChI is InChI=1S/C10H14N4/c11-4-14-10(12)13-3-8-5-1-6-7(2-5)9(6)8/h5-9H,1-3H2,(H3,12,13,14). The fourth-order valence-electron chi connectivity index (χ4n) is 3.80. The van der Waals surface area contributed by atoms with E-state index in [9.17, 15) is 0 Å². The second-order valence-corrected chi connectivity index (χ2v) is 4.76. The largest absolute Gasteiger partial charge is 0.369 e. The predicted octanol–water partition coefficient (Wildman–Crippen LogP) is 0.274. The molecule has 3 atom stereocenters. The fourth-order valence-corrected chi connectivity index (χ4v) is 3.80. The first-order valence-corrected chi connectivity index (χ1v) is 5.26. The monoisotopic (exact) mass is 190 g/mol. The van der Waals surface area contributed by atoms with E-state index >= 15 is 0 Å². The highest BCUT2D eigenvalue weighted by molar-refractivity contribution is 5.79. The number of guanidine groups is 1. The lowest BCUT2D eigenvalue weighted by Crippen LogP contribution is -2.28. The molecule has 0 spiro atoms. The zero-order valence-corrected chi connectivity index (χ0v) is 7.98. The van der Waals surface area contributed by atoms with Gasteiger partial charge in [0.2, 0.25) is 5.96 Å². The van der Waals surface area contributed by atoms with E-state index in [1.165, 1.54) is 12.8 Å². The average Bonchev–Trinajstić information content (AvgIpc) is 2.60. The molecule has 3 N–H and O–H groups in total. The zero-order chi connectivity index (χ0) is 9.71. The molecule has 4 rings (SSSR count). The SMILES string of the molecule is N#CNC(N)=NCC1C2CC3C(C2)C13. The van der Waals surface area contributed by atoms with Gasteiger partial charge >= 0.3 is 0 Å². The van der Waals surface area contributed by atoms with Crippen LogP contribution < -0.4 is 11.1 Å². The van der Waals surface area contributed by atoms with Gasteiger partial charge in [-0.15, -0.1) is 0 Å². The summed E-state index contributed by atoms with van der Waals surface area (Å²) in [6, 6.07) is 0. The van der Waals surface area contributed by atoms with E-state index < -0.39 is 0 Å². The van der Waals surface area contributed by atoms with E-state index in [4.69, 9.17) is 11.0 Å². The molecule has 0 radical (unpaired) electrons. The molecule has 0 aromatic carbocycles. The third-order valence-corrected chi connectivity index (χ3v) is 4.30. The predicted molar refractivity (Wildman–Crippen MR) is 51.9 cm³/mol. The smallest absolute Gasteiger partial charge is 0.202 e. The van der Waals surface area contributed by atoms with Crippen LogP contribution in [0.15, 0.2) is 4.99 Å². The fraction of sp³-hybridized carbons (Fsp3) is 0.800. The van der Waals surface area contributed by atoms with Crippen LogP contribution in [0.25, 0.3) is 0 Å². The van der Waals surface area contributed by atoms with Gasteiger partial charge < -0.3 is 5.73 Å². The molecule has 0 aromatic rings. The number of hydrogen-bond acceptors (Lipinski definition) is 2. The summed E-state index contributed by atoms with van der Waals surface area (Å²) >= 11 is 0. The Morgan fingerprint density at radius 2 is 2.21 bits per heavy atom. The Balaban J connectivity index is 1.60. The molecule has 74 valence electrons. The van der Waals surface area contributed by atoms with Gasteiger partial charge in [0.25, 0.3) is 0 Å². The summed E-state index contributed by atoms with van der Waals surface area (Å²) in [6.07, 6.45) is 4.64. The minimum absolute atomic E-state index is 0.272. The molecule has 4 fully saturated rings. The summed E-state index contributed by atoms with van der Waals surface area (Å²) in [4.78, 5) is 4.21. The van der Waals surface area contributed by atoms with E-state index in [2.05, 4.69) is 10.3 Å². The van der Waals surface area contributed by atoms with Crippen LogP contribution in [0.4, 0.5) is 0 Å². The minimum atomic E-state index is 0.272. The Bertz CT molecular complexity index is 316. The second kappa shape index (κ2) is 2.63. The van der Waals surface area contributed by atoms with Crippen molar-refractivity contribution >= 4 is 5.96 Å². The molecule has 4 bridgehead atoms. The van der Waals surface area contributed by atoms with Crippen molar-refractivity contribution in [2.45, 2.75) is 12.8 Å². The summed E-state index contributed by atoms with van der Waals surface area (Å²) in [7, 11) is 0. The van der Waals surface area contributed by atoms with E-state index in [1.54, 1.807) is 6.19 Å². The van der Waals surface area contributed by atoms with Gasteiger partial charge in [-0.1, -0.05) is 0 Å². The molecular weight excluding hydrogens is 176 g/mol. The van der Waals surface area contributed by atoms with Gasteiger partial charge in [-0.3, -0.25) is 10.3 Å². The quantitative estimate of drug-likeness (QED) is 0.284. The minimum Gasteiger partial charge on any atom is -0.369 e. The molecule has 0 aromatic heterocycles. The lowest BCUT2D eigenvalue weighted by atomic mass is 9.99. The Hall–Kier alpha value is -1.24. The average molecular weight is 190 g/mol. The van der Waals surface area contributed by atoms with E-state index in [-0.39, 0.29) is 5.96 Å². The van der Waals surface area contributed by atoms with Crippen molar-refractivity contribution in [1.82, 2.24) is 5.32 Å². The molecule has 4 heteroatoms. The van der Waals surface area contributed by atoms with Gasteiger partial charge in [0.05, 0.1) is 0 Å². The van der Waals surface area contributed by atoms with Crippen LogP contribution in [0.5, 0.6) is 0 Å². The number of nitrogens with two attached hydrogens (primary N) is 1. The van der Waals surface area contributed by atoms with E-state index in [0.29, 0.717) is 0 Å². The van der Waals surface area contributed by atoms with Crippen molar-refractivity contribution in [3.8, 4) is 6.19 Å². The molecule has 0 aliphatic heterocycles. The third kappa shape index (κ3) is 0.955. The Labute approximate surface area is 83.2 Å². The highest BCUT2D eigenvalue weighted by atomic mass is 15.1. The number of nitrogens with zero attached hydrogens (tertiary/aromatic N) is 2. The van der Waals surface area contributed by atoms with Crippen molar-refractivity contribution in [3.63, 3.8) is 0 Å². The molecule has 4 nitrogen and oxygen atoms in total. The number of rotatable bonds is 2. The Morgan fingerprint density at radius 1 is 1.50 bits per heavy atom. The number of nitrogens with one attached hydrogen (secondary N) is 1. The summed E-state index contributed by atoms with van der Waals surface area (Å²) < 4.78 is 0. The highest BCUT2D eigenvalue weighted by Gasteiger charge is 2.67. The number of aliphatic imine (C=N–C) groups is 1. The first kappa shape index (κ1) is 8.10. The van der Waals surface area contributed by atoms with Crippen LogP contribution in [0.3, 0.4) is 0 Å². The summed E-state index contributed by atoms with van der Waals surface area (Å²) in [6.45, 7) is 0.822. The van der Waals surface area contributed by atoms with Crippen LogP contribution in [0.1, 0.15) is 12.8 Å². The molecule has 0 amide bonds. The van der Waals surface area contributed by atoms with E-state index in [1.807, 2.05) is 0 Å². The summed E-state index contributed by atoms with van der Waals surface area (Å²) in [5, 5.41) is 10.7. The van der Waals surface area contributed by atoms with Gasteiger partial charge in [-0.25, -0.2) is 0 Å². The number of nitriles is 1.